The molecule has 0 atom stereocenters. The zero-order valence-corrected chi connectivity index (χ0v) is 14.5. The number of amides is 1. The van der Waals surface area contributed by atoms with Crippen LogP contribution < -0.4 is 16.0 Å². The normalized spacial score (nSPS) is 10.4. The summed E-state index contributed by atoms with van der Waals surface area (Å²) >= 11 is 0. The van der Waals surface area contributed by atoms with Crippen molar-refractivity contribution in [2.75, 3.05) is 5.32 Å². The van der Waals surface area contributed by atoms with Crippen molar-refractivity contribution in [3.8, 4) is 0 Å². The molecule has 0 fully saturated rings. The van der Waals surface area contributed by atoms with E-state index in [0.717, 1.165) is 5.56 Å². The fraction of sp³-hybridized carbons (Fsp3) is 0.100. The Bertz CT molecular complexity index is 1060. The van der Waals surface area contributed by atoms with Crippen molar-refractivity contribution in [3.63, 3.8) is 0 Å². The van der Waals surface area contributed by atoms with Gasteiger partial charge in [-0.1, -0.05) is 42.5 Å². The van der Waals surface area contributed by atoms with Crippen LogP contribution in [0.25, 0.3) is 0 Å². The summed E-state index contributed by atoms with van der Waals surface area (Å²) in [5.74, 6) is -1.88. The Hall–Kier alpha value is -3.74. The number of carboxylic acids is 1. The molecular formula is C20H16N3O4-. The summed E-state index contributed by atoms with van der Waals surface area (Å²) < 4.78 is 1.20. The molecule has 0 bridgehead atoms. The first-order valence-electron chi connectivity index (χ1n) is 8.19. The van der Waals surface area contributed by atoms with Crippen molar-refractivity contribution < 1.29 is 14.7 Å². The molecule has 0 unspecified atom stereocenters. The fourth-order valence-electron chi connectivity index (χ4n) is 2.51. The molecule has 0 saturated heterocycles. The molecule has 0 aliphatic rings. The summed E-state index contributed by atoms with van der Waals surface area (Å²) in [6, 6.07) is 16.2. The lowest BCUT2D eigenvalue weighted by Gasteiger charge is -2.12. The highest BCUT2D eigenvalue weighted by Gasteiger charge is 2.12. The number of aromatic nitrogens is 2. The highest BCUT2D eigenvalue weighted by molar-refractivity contribution is 6.03. The quantitative estimate of drug-likeness (QED) is 0.735. The number of aryl methyl sites for hydroxylation is 1. The number of carbonyl (C=O) groups excluding carboxylic acids is 2. The van der Waals surface area contributed by atoms with Crippen LogP contribution in [-0.4, -0.2) is 21.7 Å². The summed E-state index contributed by atoms with van der Waals surface area (Å²) in [6.45, 7) is 1.97. The van der Waals surface area contributed by atoms with Gasteiger partial charge in [-0.05, 0) is 35.7 Å². The summed E-state index contributed by atoms with van der Waals surface area (Å²) in [7, 11) is 0. The average molecular weight is 362 g/mol. The third-order valence-electron chi connectivity index (χ3n) is 4.00. The van der Waals surface area contributed by atoms with E-state index >= 15 is 0 Å². The second kappa shape index (κ2) is 7.65. The Morgan fingerprint density at radius 2 is 1.81 bits per heavy atom. The Labute approximate surface area is 154 Å². The molecule has 0 spiro atoms. The summed E-state index contributed by atoms with van der Waals surface area (Å²) in [5.41, 5.74) is 1.57. The minimum absolute atomic E-state index is 0.0436. The van der Waals surface area contributed by atoms with E-state index in [9.17, 15) is 19.5 Å². The van der Waals surface area contributed by atoms with E-state index in [1.165, 1.54) is 28.9 Å². The number of nitrogens with one attached hydrogen (secondary N) is 1. The largest absolute Gasteiger partial charge is 0.545 e. The van der Waals surface area contributed by atoms with Gasteiger partial charge in [0.05, 0.1) is 12.5 Å². The van der Waals surface area contributed by atoms with Gasteiger partial charge in [-0.3, -0.25) is 9.59 Å². The molecule has 7 heteroatoms. The molecule has 136 valence electrons. The van der Waals surface area contributed by atoms with E-state index in [-0.39, 0.29) is 23.4 Å². The Kier molecular flexibility index (Phi) is 5.12. The molecule has 27 heavy (non-hydrogen) atoms. The van der Waals surface area contributed by atoms with Crippen LogP contribution in [0.15, 0.2) is 65.5 Å². The van der Waals surface area contributed by atoms with Gasteiger partial charge in [0.2, 0.25) is 0 Å². The van der Waals surface area contributed by atoms with E-state index in [4.69, 9.17) is 0 Å². The van der Waals surface area contributed by atoms with Crippen molar-refractivity contribution in [1.29, 1.82) is 0 Å². The van der Waals surface area contributed by atoms with Crippen LogP contribution in [0.5, 0.6) is 0 Å². The predicted octanol–water partition coefficient (Wildman–Crippen LogP) is 1.22. The minimum atomic E-state index is -1.33. The number of carboxylic acid groups (broad SMARTS) is 1. The van der Waals surface area contributed by atoms with Crippen molar-refractivity contribution in [3.05, 3.63) is 93.4 Å². The summed E-state index contributed by atoms with van der Waals surface area (Å²) in [6.07, 6.45) is 0. The Morgan fingerprint density at radius 1 is 1.07 bits per heavy atom. The van der Waals surface area contributed by atoms with Crippen molar-refractivity contribution in [2.24, 2.45) is 0 Å². The lowest BCUT2D eigenvalue weighted by molar-refractivity contribution is -0.255. The minimum Gasteiger partial charge on any atom is -0.545 e. The first-order chi connectivity index (χ1) is 12.9. The van der Waals surface area contributed by atoms with E-state index in [2.05, 4.69) is 10.4 Å². The van der Waals surface area contributed by atoms with Gasteiger partial charge in [-0.15, -0.1) is 0 Å². The molecule has 3 aromatic rings. The molecule has 0 aliphatic heterocycles. The number of anilines is 1. The number of benzene rings is 2. The van der Waals surface area contributed by atoms with E-state index in [1.807, 2.05) is 30.3 Å². The van der Waals surface area contributed by atoms with Gasteiger partial charge in [0.15, 0.2) is 0 Å². The second-order valence-corrected chi connectivity index (χ2v) is 5.97. The van der Waals surface area contributed by atoms with Gasteiger partial charge in [0, 0.05) is 11.8 Å². The van der Waals surface area contributed by atoms with Gasteiger partial charge in [-0.2, -0.15) is 5.10 Å². The number of hydrogen-bond donors (Lipinski definition) is 1. The van der Waals surface area contributed by atoms with Gasteiger partial charge < -0.3 is 15.2 Å². The molecule has 3 rings (SSSR count). The molecule has 1 aromatic heterocycles. The summed E-state index contributed by atoms with van der Waals surface area (Å²) in [5, 5.41) is 17.7. The fourth-order valence-corrected chi connectivity index (χ4v) is 2.51. The molecule has 7 nitrogen and oxygen atoms in total. The number of hydrogen-bond acceptors (Lipinski definition) is 5. The molecule has 1 heterocycles. The zero-order chi connectivity index (χ0) is 19.4. The lowest BCUT2D eigenvalue weighted by atomic mass is 10.1. The maximum atomic E-state index is 12.5. The van der Waals surface area contributed by atoms with Gasteiger partial charge in [0.1, 0.15) is 5.69 Å². The van der Waals surface area contributed by atoms with Gasteiger partial charge in [-0.25, -0.2) is 4.68 Å². The third kappa shape index (κ3) is 4.27. The lowest BCUT2D eigenvalue weighted by Crippen LogP contribution is -2.27. The van der Waals surface area contributed by atoms with Crippen molar-refractivity contribution >= 4 is 17.6 Å². The number of carbonyl (C=O) groups is 2. The van der Waals surface area contributed by atoms with Crippen molar-refractivity contribution in [2.45, 2.75) is 13.5 Å². The van der Waals surface area contributed by atoms with E-state index in [1.54, 1.807) is 13.0 Å². The van der Waals surface area contributed by atoms with Crippen LogP contribution in [0.1, 0.15) is 32.0 Å². The SMILES string of the molecule is Cc1ccc(C(=O)[O-])cc1NC(=O)c1ccc(=O)n(Cc2ccccc2)n1. The van der Waals surface area contributed by atoms with E-state index in [0.29, 0.717) is 11.3 Å². The third-order valence-corrected chi connectivity index (χ3v) is 4.00. The molecule has 0 saturated carbocycles. The number of aromatic carboxylic acids is 1. The summed E-state index contributed by atoms with van der Waals surface area (Å²) in [4.78, 5) is 35.5. The molecular weight excluding hydrogens is 346 g/mol. The van der Waals surface area contributed by atoms with Gasteiger partial charge >= 0.3 is 0 Å². The second-order valence-electron chi connectivity index (χ2n) is 5.97. The van der Waals surface area contributed by atoms with Crippen molar-refractivity contribution in [1.82, 2.24) is 9.78 Å². The topological polar surface area (TPSA) is 104 Å². The number of rotatable bonds is 5. The van der Waals surface area contributed by atoms with Crippen LogP contribution in [0.2, 0.25) is 0 Å². The standard InChI is InChI=1S/C20H17N3O4/c1-13-7-8-15(20(26)27)11-17(13)21-19(25)16-9-10-18(24)23(22-16)12-14-5-3-2-4-6-14/h2-11H,12H2,1H3,(H,21,25)(H,26,27)/p-1. The number of nitrogens with zero attached hydrogens (tertiary/aromatic N) is 2. The highest BCUT2D eigenvalue weighted by Crippen LogP contribution is 2.17. The van der Waals surface area contributed by atoms with Crippen LogP contribution >= 0.6 is 0 Å². The molecule has 0 aliphatic carbocycles. The first-order valence-corrected chi connectivity index (χ1v) is 8.19. The van der Waals surface area contributed by atoms with Crippen LogP contribution in [0.3, 0.4) is 0 Å². The van der Waals surface area contributed by atoms with Crippen LogP contribution in [-0.2, 0) is 6.54 Å². The Balaban J connectivity index is 1.85. The molecule has 1 N–H and O–H groups in total. The van der Waals surface area contributed by atoms with Gasteiger partial charge in [0.25, 0.3) is 11.5 Å². The van der Waals surface area contributed by atoms with Crippen LogP contribution in [0, 0.1) is 6.92 Å². The predicted molar refractivity (Wildman–Crippen MR) is 97.5 cm³/mol. The highest BCUT2D eigenvalue weighted by atomic mass is 16.4. The molecule has 1 amide bonds. The maximum absolute atomic E-state index is 12.5. The van der Waals surface area contributed by atoms with E-state index < -0.39 is 11.9 Å². The average Bonchev–Trinajstić information content (AvgIpc) is 2.66. The molecule has 2 aromatic carbocycles. The maximum Gasteiger partial charge on any atom is 0.276 e. The Morgan fingerprint density at radius 3 is 2.52 bits per heavy atom. The smallest absolute Gasteiger partial charge is 0.276 e. The first kappa shape index (κ1) is 18.1. The zero-order valence-electron chi connectivity index (χ0n) is 14.5. The molecule has 0 radical (unpaired) electrons. The monoisotopic (exact) mass is 362 g/mol. The van der Waals surface area contributed by atoms with Crippen LogP contribution in [0.4, 0.5) is 5.69 Å².